The lowest BCUT2D eigenvalue weighted by Crippen LogP contribution is -2.59. The number of allylic oxidation sites excluding steroid dienone is 2. The fourth-order valence-electron chi connectivity index (χ4n) is 7.04. The highest BCUT2D eigenvalue weighted by Crippen LogP contribution is 2.45. The Morgan fingerprint density at radius 1 is 1.07 bits per heavy atom. The molecule has 15 nitrogen and oxygen atoms in total. The van der Waals surface area contributed by atoms with Crippen LogP contribution in [0.5, 0.6) is 0 Å². The molecule has 5 atom stereocenters. The standard InChI is InChI=1S/C39H52FN5O10S/c1-9-24-17-39(24,34(49)43-56(52,53)26-13-14-26)42-32(47)30-16-25(54-36(51)44-19-23-11-10-12-28(40)27(23)21-44)20-45(30)33(48)29(41-35(50)55-37(4,5)6)18-38(7,8)31(46)15-22(2)3/h9-12,15,24-26,29-30H,1,13-14,16-21H2,2-8H3,(H,41,50)(H,42,47)(H,43,49)/t24?,25-,29+,30+,39?/m1/s1. The molecule has 2 heterocycles. The van der Waals surface area contributed by atoms with Crippen LogP contribution in [0.2, 0.25) is 0 Å². The van der Waals surface area contributed by atoms with Gasteiger partial charge in [0, 0.05) is 29.9 Å². The Balaban J connectivity index is 1.43. The van der Waals surface area contributed by atoms with Gasteiger partial charge in [-0.2, -0.15) is 0 Å². The number of ketones is 1. The SMILES string of the molecule is C=CC1CC1(NC(=O)[C@@H]1C[C@@H](OC(=O)N2Cc3cccc(F)c3C2)CN1C(=O)[C@H](CC(C)(C)C(=O)C=C(C)C)NC(=O)OC(C)(C)C)C(=O)NS(=O)(=O)C1CC1. The summed E-state index contributed by atoms with van der Waals surface area (Å²) >= 11 is 0. The van der Waals surface area contributed by atoms with Crippen LogP contribution in [-0.2, 0) is 51.8 Å². The fourth-order valence-corrected chi connectivity index (χ4v) is 8.40. The fraction of sp³-hybridized carbons (Fsp3) is 0.590. The largest absolute Gasteiger partial charge is 0.444 e. The van der Waals surface area contributed by atoms with E-state index in [-0.39, 0.29) is 44.7 Å². The van der Waals surface area contributed by atoms with Crippen molar-refractivity contribution < 1.29 is 51.0 Å². The molecule has 5 amide bonds. The molecular weight excluding hydrogens is 750 g/mol. The number of nitrogens with one attached hydrogen (secondary N) is 3. The number of amides is 5. The summed E-state index contributed by atoms with van der Waals surface area (Å²) in [6.45, 7) is 15.0. The summed E-state index contributed by atoms with van der Waals surface area (Å²) in [6.07, 6.45) is 0.401. The number of fused-ring (bicyclic) bond motifs is 1. The van der Waals surface area contributed by atoms with Crippen molar-refractivity contribution in [3.8, 4) is 0 Å². The summed E-state index contributed by atoms with van der Waals surface area (Å²) in [5.41, 5.74) is -2.15. The molecule has 1 aromatic carbocycles. The number of hydrogen-bond donors (Lipinski definition) is 3. The lowest BCUT2D eigenvalue weighted by molar-refractivity contribution is -0.142. The average Bonchev–Trinajstić information content (AvgIpc) is 3.97. The van der Waals surface area contributed by atoms with E-state index in [9.17, 15) is 41.6 Å². The van der Waals surface area contributed by atoms with Crippen LogP contribution < -0.4 is 15.4 Å². The lowest BCUT2D eigenvalue weighted by atomic mass is 9.80. The number of likely N-dealkylation sites (tertiary alicyclic amines) is 1. The minimum Gasteiger partial charge on any atom is -0.444 e. The second-order valence-electron chi connectivity index (χ2n) is 17.0. The molecule has 0 bridgehead atoms. The molecule has 0 aromatic heterocycles. The second kappa shape index (κ2) is 15.6. The first-order chi connectivity index (χ1) is 26.0. The monoisotopic (exact) mass is 801 g/mol. The van der Waals surface area contributed by atoms with Crippen LogP contribution in [0.1, 0.15) is 91.7 Å². The third-order valence-corrected chi connectivity index (χ3v) is 12.2. The summed E-state index contributed by atoms with van der Waals surface area (Å²) in [6, 6.07) is 1.72. The molecule has 56 heavy (non-hydrogen) atoms. The van der Waals surface area contributed by atoms with Gasteiger partial charge in [0.15, 0.2) is 5.78 Å². The smallest absolute Gasteiger partial charge is 0.410 e. The van der Waals surface area contributed by atoms with Gasteiger partial charge in [-0.3, -0.25) is 28.8 Å². The molecule has 3 N–H and O–H groups in total. The molecular formula is C39H52FN5O10S. The third kappa shape index (κ3) is 9.59. The first-order valence-electron chi connectivity index (χ1n) is 18.7. The van der Waals surface area contributed by atoms with E-state index in [1.807, 2.05) is 0 Å². The predicted molar refractivity (Wildman–Crippen MR) is 201 cm³/mol. The Morgan fingerprint density at radius 3 is 2.32 bits per heavy atom. The van der Waals surface area contributed by atoms with E-state index in [2.05, 4.69) is 21.9 Å². The van der Waals surface area contributed by atoms with Gasteiger partial charge in [0.1, 0.15) is 35.1 Å². The summed E-state index contributed by atoms with van der Waals surface area (Å²) in [5, 5.41) is 4.54. The van der Waals surface area contributed by atoms with Gasteiger partial charge in [-0.25, -0.2) is 22.4 Å². The number of halogens is 1. The first-order valence-corrected chi connectivity index (χ1v) is 20.2. The predicted octanol–water partition coefficient (Wildman–Crippen LogP) is 3.76. The van der Waals surface area contributed by atoms with E-state index in [0.717, 1.165) is 10.5 Å². The maximum Gasteiger partial charge on any atom is 0.410 e. The van der Waals surface area contributed by atoms with Gasteiger partial charge in [0.2, 0.25) is 21.8 Å². The van der Waals surface area contributed by atoms with Crippen LogP contribution in [0, 0.1) is 17.2 Å². The Labute approximate surface area is 326 Å². The van der Waals surface area contributed by atoms with Crippen LogP contribution in [-0.4, -0.2) is 95.0 Å². The highest BCUT2D eigenvalue weighted by atomic mass is 32.2. The lowest BCUT2D eigenvalue weighted by Gasteiger charge is -2.33. The molecule has 306 valence electrons. The zero-order valence-corrected chi connectivity index (χ0v) is 33.7. The maximum atomic E-state index is 14.6. The van der Waals surface area contributed by atoms with Crippen molar-refractivity contribution in [3.63, 3.8) is 0 Å². The van der Waals surface area contributed by atoms with Gasteiger partial charge in [0.05, 0.1) is 18.3 Å². The summed E-state index contributed by atoms with van der Waals surface area (Å²) in [7, 11) is -3.98. The second-order valence-corrected chi connectivity index (χ2v) is 19.0. The highest BCUT2D eigenvalue weighted by Gasteiger charge is 2.62. The van der Waals surface area contributed by atoms with Gasteiger partial charge in [-0.1, -0.05) is 37.6 Å². The van der Waals surface area contributed by atoms with Crippen molar-refractivity contribution in [1.82, 2.24) is 25.2 Å². The van der Waals surface area contributed by atoms with E-state index in [1.165, 1.54) is 29.2 Å². The van der Waals surface area contributed by atoms with E-state index < -0.39 is 91.7 Å². The first kappa shape index (κ1) is 42.3. The van der Waals surface area contributed by atoms with Crippen LogP contribution in [0.25, 0.3) is 0 Å². The van der Waals surface area contributed by atoms with Crippen LogP contribution in [0.4, 0.5) is 14.0 Å². The molecule has 0 spiro atoms. The number of sulfonamides is 1. The van der Waals surface area contributed by atoms with Gasteiger partial charge < -0.3 is 25.0 Å². The topological polar surface area (TPSA) is 198 Å². The molecule has 2 saturated carbocycles. The number of nitrogens with zero attached hydrogens (tertiary/aromatic N) is 2. The zero-order chi connectivity index (χ0) is 41.5. The minimum atomic E-state index is -3.98. The van der Waals surface area contributed by atoms with E-state index >= 15 is 0 Å². The zero-order valence-electron chi connectivity index (χ0n) is 32.9. The third-order valence-electron chi connectivity index (χ3n) is 10.3. The van der Waals surface area contributed by atoms with Crippen LogP contribution in [0.3, 0.4) is 0 Å². The molecule has 1 saturated heterocycles. The van der Waals surface area contributed by atoms with Crippen molar-refractivity contribution in [1.29, 1.82) is 0 Å². The Morgan fingerprint density at radius 2 is 1.75 bits per heavy atom. The molecule has 2 aliphatic heterocycles. The number of hydrogen-bond acceptors (Lipinski definition) is 10. The Kier molecular flexibility index (Phi) is 11.8. The van der Waals surface area contributed by atoms with E-state index in [0.29, 0.717) is 24.0 Å². The van der Waals surface area contributed by atoms with Gasteiger partial charge in [-0.15, -0.1) is 6.58 Å². The number of ether oxygens (including phenoxy) is 2. The average molecular weight is 802 g/mol. The highest BCUT2D eigenvalue weighted by molar-refractivity contribution is 7.91. The van der Waals surface area contributed by atoms with Crippen LogP contribution >= 0.6 is 0 Å². The van der Waals surface area contributed by atoms with Gasteiger partial charge in [0.25, 0.3) is 5.91 Å². The molecule has 1 aromatic rings. The van der Waals surface area contributed by atoms with Crippen molar-refractivity contribution in [2.24, 2.45) is 11.3 Å². The van der Waals surface area contributed by atoms with Crippen molar-refractivity contribution in [2.45, 2.75) is 128 Å². The van der Waals surface area contributed by atoms with Crippen LogP contribution in [0.15, 0.2) is 42.5 Å². The molecule has 4 aliphatic rings. The molecule has 17 heteroatoms. The van der Waals surface area contributed by atoms with E-state index in [4.69, 9.17) is 9.47 Å². The quantitative estimate of drug-likeness (QED) is 0.195. The summed E-state index contributed by atoms with van der Waals surface area (Å²) < 4.78 is 53.2. The number of benzene rings is 1. The van der Waals surface area contributed by atoms with Gasteiger partial charge >= 0.3 is 12.2 Å². The molecule has 2 aliphatic carbocycles. The molecule has 0 radical (unpaired) electrons. The van der Waals surface area contributed by atoms with Crippen molar-refractivity contribution >= 4 is 45.7 Å². The number of carbonyl (C=O) groups is 6. The van der Waals surface area contributed by atoms with E-state index in [1.54, 1.807) is 54.5 Å². The number of rotatable bonds is 13. The molecule has 5 rings (SSSR count). The molecule has 3 fully saturated rings. The normalized spacial score (nSPS) is 23.6. The Bertz CT molecular complexity index is 1950. The summed E-state index contributed by atoms with van der Waals surface area (Å²) in [5.74, 6) is -3.99. The minimum absolute atomic E-state index is 0.0446. The number of carbonyl (C=O) groups excluding carboxylic acids is 6. The summed E-state index contributed by atoms with van der Waals surface area (Å²) in [4.78, 5) is 84.7. The Hall–Kier alpha value is -4.80. The number of alkyl carbamates (subject to hydrolysis) is 1. The maximum absolute atomic E-state index is 14.6. The van der Waals surface area contributed by atoms with Crippen molar-refractivity contribution in [2.75, 3.05) is 6.54 Å². The van der Waals surface area contributed by atoms with Gasteiger partial charge in [-0.05, 0) is 78.0 Å². The van der Waals surface area contributed by atoms with Crippen molar-refractivity contribution in [3.05, 3.63) is 59.4 Å². The molecule has 2 unspecified atom stereocenters.